The first-order valence-corrected chi connectivity index (χ1v) is 6.87. The topological polar surface area (TPSA) is 59.6 Å². The van der Waals surface area contributed by atoms with Crippen LogP contribution in [0.25, 0.3) is 0 Å². The van der Waals surface area contributed by atoms with Crippen LogP contribution in [0.15, 0.2) is 24.3 Å². The van der Waals surface area contributed by atoms with Crippen molar-refractivity contribution in [3.63, 3.8) is 0 Å². The van der Waals surface area contributed by atoms with Gasteiger partial charge in [-0.25, -0.2) is 0 Å². The number of rotatable bonds is 9. The Hall–Kier alpha value is -1.59. The SMILES string of the molecule is COCCOc1cccc(NC(=O)CCNC(C)C)c1. The maximum atomic E-state index is 11.8. The molecule has 1 aromatic rings. The van der Waals surface area contributed by atoms with Gasteiger partial charge in [0.2, 0.25) is 5.91 Å². The van der Waals surface area contributed by atoms with Crippen LogP contribution in [0.5, 0.6) is 5.75 Å². The van der Waals surface area contributed by atoms with Crippen molar-refractivity contribution in [2.24, 2.45) is 0 Å². The molecule has 1 amide bonds. The number of amides is 1. The van der Waals surface area contributed by atoms with E-state index in [9.17, 15) is 4.79 Å². The molecule has 0 radical (unpaired) electrons. The Morgan fingerprint density at radius 2 is 2.10 bits per heavy atom. The number of hydrogen-bond donors (Lipinski definition) is 2. The monoisotopic (exact) mass is 280 g/mol. The van der Waals surface area contributed by atoms with E-state index in [-0.39, 0.29) is 5.91 Å². The second-order valence-electron chi connectivity index (χ2n) is 4.78. The third kappa shape index (κ3) is 7.11. The van der Waals surface area contributed by atoms with Gasteiger partial charge in [-0.2, -0.15) is 0 Å². The summed E-state index contributed by atoms with van der Waals surface area (Å²) in [5.74, 6) is 0.715. The van der Waals surface area contributed by atoms with Gasteiger partial charge in [0, 0.05) is 37.9 Å². The van der Waals surface area contributed by atoms with E-state index in [2.05, 4.69) is 24.5 Å². The largest absolute Gasteiger partial charge is 0.491 e. The summed E-state index contributed by atoms with van der Waals surface area (Å²) < 4.78 is 10.4. The summed E-state index contributed by atoms with van der Waals surface area (Å²) in [4.78, 5) is 11.8. The zero-order chi connectivity index (χ0) is 14.8. The first-order valence-electron chi connectivity index (χ1n) is 6.87. The van der Waals surface area contributed by atoms with Crippen LogP contribution in [0, 0.1) is 0 Å². The number of hydrogen-bond acceptors (Lipinski definition) is 4. The molecule has 5 nitrogen and oxygen atoms in total. The quantitative estimate of drug-likeness (QED) is 0.680. The molecule has 1 aromatic carbocycles. The second kappa shape index (κ2) is 9.34. The van der Waals surface area contributed by atoms with Crippen LogP contribution in [0.3, 0.4) is 0 Å². The lowest BCUT2D eigenvalue weighted by Crippen LogP contribution is -2.27. The van der Waals surface area contributed by atoms with Gasteiger partial charge in [-0.3, -0.25) is 4.79 Å². The van der Waals surface area contributed by atoms with Gasteiger partial charge in [-0.05, 0) is 12.1 Å². The molecule has 0 aromatic heterocycles. The van der Waals surface area contributed by atoms with Crippen LogP contribution in [0.1, 0.15) is 20.3 Å². The molecule has 5 heteroatoms. The normalized spacial score (nSPS) is 10.6. The van der Waals surface area contributed by atoms with Crippen LogP contribution in [0.2, 0.25) is 0 Å². The first kappa shape index (κ1) is 16.5. The van der Waals surface area contributed by atoms with Crippen molar-refractivity contribution >= 4 is 11.6 Å². The average Bonchev–Trinajstić information content (AvgIpc) is 2.39. The number of methoxy groups -OCH3 is 1. The van der Waals surface area contributed by atoms with Crippen LogP contribution in [-0.2, 0) is 9.53 Å². The van der Waals surface area contributed by atoms with E-state index >= 15 is 0 Å². The molecule has 0 saturated carbocycles. The Morgan fingerprint density at radius 1 is 1.30 bits per heavy atom. The van der Waals surface area contributed by atoms with Gasteiger partial charge in [-0.15, -0.1) is 0 Å². The highest BCUT2D eigenvalue weighted by molar-refractivity contribution is 5.90. The van der Waals surface area contributed by atoms with Crippen molar-refractivity contribution in [3.05, 3.63) is 24.3 Å². The smallest absolute Gasteiger partial charge is 0.225 e. The van der Waals surface area contributed by atoms with Crippen molar-refractivity contribution < 1.29 is 14.3 Å². The number of ether oxygens (including phenoxy) is 2. The van der Waals surface area contributed by atoms with E-state index < -0.39 is 0 Å². The van der Waals surface area contributed by atoms with E-state index in [1.165, 1.54) is 0 Å². The lowest BCUT2D eigenvalue weighted by atomic mass is 10.3. The van der Waals surface area contributed by atoms with Gasteiger partial charge in [0.05, 0.1) is 6.61 Å². The molecule has 0 aliphatic heterocycles. The Balaban J connectivity index is 2.38. The van der Waals surface area contributed by atoms with Gasteiger partial charge in [0.25, 0.3) is 0 Å². The summed E-state index contributed by atoms with van der Waals surface area (Å²) in [6.45, 7) is 5.81. The minimum absolute atomic E-state index is 0.00723. The lowest BCUT2D eigenvalue weighted by molar-refractivity contribution is -0.116. The molecule has 112 valence electrons. The maximum Gasteiger partial charge on any atom is 0.225 e. The Morgan fingerprint density at radius 3 is 2.80 bits per heavy atom. The minimum Gasteiger partial charge on any atom is -0.491 e. The molecule has 0 aliphatic carbocycles. The molecule has 1 rings (SSSR count). The molecule has 0 aliphatic rings. The van der Waals surface area contributed by atoms with Gasteiger partial charge in [0.1, 0.15) is 12.4 Å². The molecular weight excluding hydrogens is 256 g/mol. The fraction of sp³-hybridized carbons (Fsp3) is 0.533. The summed E-state index contributed by atoms with van der Waals surface area (Å²) in [5, 5.41) is 6.06. The molecule has 0 saturated heterocycles. The predicted molar refractivity (Wildman–Crippen MR) is 80.2 cm³/mol. The minimum atomic E-state index is -0.00723. The summed E-state index contributed by atoms with van der Waals surface area (Å²) >= 11 is 0. The number of carbonyl (C=O) groups excluding carboxylic acids is 1. The van der Waals surface area contributed by atoms with E-state index in [1.807, 2.05) is 24.3 Å². The van der Waals surface area contributed by atoms with Gasteiger partial charge < -0.3 is 20.1 Å². The average molecular weight is 280 g/mol. The number of nitrogens with one attached hydrogen (secondary N) is 2. The van der Waals surface area contributed by atoms with Gasteiger partial charge >= 0.3 is 0 Å². The van der Waals surface area contributed by atoms with E-state index in [0.29, 0.717) is 32.2 Å². The third-order valence-corrected chi connectivity index (χ3v) is 2.58. The molecule has 0 bridgehead atoms. The van der Waals surface area contributed by atoms with Crippen molar-refractivity contribution in [1.29, 1.82) is 0 Å². The first-order chi connectivity index (χ1) is 9.61. The summed E-state index contributed by atoms with van der Waals surface area (Å²) in [6, 6.07) is 7.75. The Kier molecular flexibility index (Phi) is 7.69. The van der Waals surface area contributed by atoms with Crippen LogP contribution >= 0.6 is 0 Å². The van der Waals surface area contributed by atoms with Crippen molar-refractivity contribution in [2.45, 2.75) is 26.3 Å². The zero-order valence-corrected chi connectivity index (χ0v) is 12.4. The Bertz CT molecular complexity index is 408. The molecule has 0 heterocycles. The Labute approximate surface area is 120 Å². The molecule has 0 spiro atoms. The number of benzene rings is 1. The zero-order valence-electron chi connectivity index (χ0n) is 12.4. The van der Waals surface area contributed by atoms with E-state index in [0.717, 1.165) is 11.4 Å². The van der Waals surface area contributed by atoms with Gasteiger partial charge in [-0.1, -0.05) is 19.9 Å². The van der Waals surface area contributed by atoms with E-state index in [4.69, 9.17) is 9.47 Å². The van der Waals surface area contributed by atoms with Gasteiger partial charge in [0.15, 0.2) is 0 Å². The van der Waals surface area contributed by atoms with Crippen LogP contribution < -0.4 is 15.4 Å². The highest BCUT2D eigenvalue weighted by Crippen LogP contribution is 2.17. The summed E-state index contributed by atoms with van der Waals surface area (Å²) in [7, 11) is 1.63. The molecule has 0 atom stereocenters. The lowest BCUT2D eigenvalue weighted by Gasteiger charge is -2.10. The fourth-order valence-electron chi connectivity index (χ4n) is 1.60. The van der Waals surface area contributed by atoms with Crippen LogP contribution in [-0.4, -0.2) is 38.8 Å². The third-order valence-electron chi connectivity index (χ3n) is 2.58. The maximum absolute atomic E-state index is 11.8. The standard InChI is InChI=1S/C15H24N2O3/c1-12(2)16-8-7-15(18)17-13-5-4-6-14(11-13)20-10-9-19-3/h4-6,11-12,16H,7-10H2,1-3H3,(H,17,18). The molecule has 0 unspecified atom stereocenters. The van der Waals surface area contributed by atoms with Crippen molar-refractivity contribution in [2.75, 3.05) is 32.2 Å². The molecule has 0 fully saturated rings. The van der Waals surface area contributed by atoms with Crippen molar-refractivity contribution in [1.82, 2.24) is 5.32 Å². The van der Waals surface area contributed by atoms with Crippen molar-refractivity contribution in [3.8, 4) is 5.75 Å². The summed E-state index contributed by atoms with van der Waals surface area (Å²) in [5.41, 5.74) is 0.745. The highest BCUT2D eigenvalue weighted by atomic mass is 16.5. The fourth-order valence-corrected chi connectivity index (χ4v) is 1.60. The number of anilines is 1. The molecular formula is C15H24N2O3. The second-order valence-corrected chi connectivity index (χ2v) is 4.78. The number of carbonyl (C=O) groups is 1. The molecule has 2 N–H and O–H groups in total. The summed E-state index contributed by atoms with van der Waals surface area (Å²) in [6.07, 6.45) is 0.451. The van der Waals surface area contributed by atoms with E-state index in [1.54, 1.807) is 7.11 Å². The molecule has 20 heavy (non-hydrogen) atoms. The predicted octanol–water partition coefficient (Wildman–Crippen LogP) is 2.04. The van der Waals surface area contributed by atoms with Crippen LogP contribution in [0.4, 0.5) is 5.69 Å². The highest BCUT2D eigenvalue weighted by Gasteiger charge is 2.04.